The van der Waals surface area contributed by atoms with Crippen molar-refractivity contribution in [2.75, 3.05) is 11.4 Å². The Bertz CT molecular complexity index is 556. The lowest BCUT2D eigenvalue weighted by molar-refractivity contribution is -0.137. The van der Waals surface area contributed by atoms with Crippen LogP contribution >= 0.6 is 22.9 Å². The van der Waals surface area contributed by atoms with E-state index in [0.29, 0.717) is 13.0 Å². The molecule has 3 nitrogen and oxygen atoms in total. The summed E-state index contributed by atoms with van der Waals surface area (Å²) in [4.78, 5) is 14.0. The van der Waals surface area contributed by atoms with Crippen LogP contribution in [0.15, 0.2) is 42.5 Å². The Balaban J connectivity index is 2.05. The Labute approximate surface area is 127 Å². The summed E-state index contributed by atoms with van der Waals surface area (Å²) in [6.45, 7) is 1.47. The van der Waals surface area contributed by atoms with Gasteiger partial charge in [0.05, 0.1) is 10.9 Å². The van der Waals surface area contributed by atoms with Crippen molar-refractivity contribution < 1.29 is 9.90 Å². The number of benzene rings is 1. The van der Waals surface area contributed by atoms with E-state index in [0.717, 1.165) is 16.6 Å². The zero-order valence-electron chi connectivity index (χ0n) is 11.0. The summed E-state index contributed by atoms with van der Waals surface area (Å²) in [6, 6.07) is 13.9. The molecule has 0 aliphatic carbocycles. The highest BCUT2D eigenvalue weighted by molar-refractivity contribution is 7.16. The van der Waals surface area contributed by atoms with E-state index in [4.69, 9.17) is 16.7 Å². The molecule has 0 amide bonds. The topological polar surface area (TPSA) is 40.5 Å². The second-order valence-electron chi connectivity index (χ2n) is 4.46. The van der Waals surface area contributed by atoms with Crippen LogP contribution in [0.3, 0.4) is 0 Å². The number of thiophene rings is 1. The molecule has 1 N–H and O–H groups in total. The first kappa shape index (κ1) is 14.9. The van der Waals surface area contributed by atoms with Gasteiger partial charge >= 0.3 is 5.97 Å². The van der Waals surface area contributed by atoms with E-state index in [1.54, 1.807) is 11.3 Å². The first-order valence-corrected chi connectivity index (χ1v) is 7.60. The van der Waals surface area contributed by atoms with E-state index < -0.39 is 5.97 Å². The predicted octanol–water partition coefficient (Wildman–Crippen LogP) is 4.27. The Morgan fingerprint density at radius 2 is 1.95 bits per heavy atom. The molecule has 1 aromatic carbocycles. The molecule has 0 atom stereocenters. The largest absolute Gasteiger partial charge is 0.481 e. The lowest BCUT2D eigenvalue weighted by Gasteiger charge is -2.24. The molecular weight excluding hydrogens is 294 g/mol. The summed E-state index contributed by atoms with van der Waals surface area (Å²) >= 11 is 7.52. The zero-order valence-corrected chi connectivity index (χ0v) is 12.5. The number of para-hydroxylation sites is 1. The van der Waals surface area contributed by atoms with Gasteiger partial charge in [0, 0.05) is 23.5 Å². The molecule has 0 aliphatic heterocycles. The molecule has 2 rings (SSSR count). The van der Waals surface area contributed by atoms with Crippen molar-refractivity contribution in [1.29, 1.82) is 0 Å². The third-order valence-corrected chi connectivity index (χ3v) is 4.13. The number of aliphatic carboxylic acids is 1. The van der Waals surface area contributed by atoms with Crippen molar-refractivity contribution in [2.24, 2.45) is 0 Å². The maximum atomic E-state index is 10.6. The van der Waals surface area contributed by atoms with Gasteiger partial charge in [0.25, 0.3) is 0 Å². The standard InChI is InChI=1S/C15H16ClNO2S/c16-14-9-8-13(20-14)11-17(10-4-7-15(18)19)12-5-2-1-3-6-12/h1-3,5-6,8-9H,4,7,10-11H2,(H,18,19). The maximum absolute atomic E-state index is 10.6. The summed E-state index contributed by atoms with van der Waals surface area (Å²) in [7, 11) is 0. The number of carboxylic acid groups (broad SMARTS) is 1. The lowest BCUT2D eigenvalue weighted by Crippen LogP contribution is -2.23. The van der Waals surface area contributed by atoms with E-state index >= 15 is 0 Å². The zero-order chi connectivity index (χ0) is 14.4. The van der Waals surface area contributed by atoms with Crippen LogP contribution in [0.1, 0.15) is 17.7 Å². The van der Waals surface area contributed by atoms with E-state index in [1.807, 2.05) is 42.5 Å². The monoisotopic (exact) mass is 309 g/mol. The van der Waals surface area contributed by atoms with Gasteiger partial charge < -0.3 is 10.0 Å². The van der Waals surface area contributed by atoms with Crippen LogP contribution in [0.25, 0.3) is 0 Å². The first-order valence-electron chi connectivity index (χ1n) is 6.41. The Hall–Kier alpha value is -1.52. The molecule has 0 spiro atoms. The van der Waals surface area contributed by atoms with Gasteiger partial charge in [-0.2, -0.15) is 0 Å². The number of rotatable bonds is 7. The number of hydrogen-bond acceptors (Lipinski definition) is 3. The highest BCUT2D eigenvalue weighted by Gasteiger charge is 2.09. The smallest absolute Gasteiger partial charge is 0.303 e. The van der Waals surface area contributed by atoms with Gasteiger partial charge in [0.15, 0.2) is 0 Å². The molecular formula is C15H16ClNO2S. The Morgan fingerprint density at radius 1 is 1.20 bits per heavy atom. The quantitative estimate of drug-likeness (QED) is 0.830. The van der Waals surface area contributed by atoms with Gasteiger partial charge in [0.2, 0.25) is 0 Å². The number of hydrogen-bond donors (Lipinski definition) is 1. The van der Waals surface area contributed by atoms with Gasteiger partial charge in [-0.1, -0.05) is 29.8 Å². The third kappa shape index (κ3) is 4.54. The summed E-state index contributed by atoms with van der Waals surface area (Å²) < 4.78 is 0.776. The molecule has 0 saturated heterocycles. The summed E-state index contributed by atoms with van der Waals surface area (Å²) in [6.07, 6.45) is 0.817. The summed E-state index contributed by atoms with van der Waals surface area (Å²) in [5.41, 5.74) is 1.10. The van der Waals surface area contributed by atoms with Crippen molar-refractivity contribution in [2.45, 2.75) is 19.4 Å². The predicted molar refractivity (Wildman–Crippen MR) is 83.7 cm³/mol. The van der Waals surface area contributed by atoms with Gasteiger partial charge in [-0.15, -0.1) is 11.3 Å². The lowest BCUT2D eigenvalue weighted by atomic mass is 10.2. The highest BCUT2D eigenvalue weighted by Crippen LogP contribution is 2.25. The normalized spacial score (nSPS) is 10.4. The molecule has 0 saturated carbocycles. The van der Waals surface area contributed by atoms with Crippen LogP contribution in [0.4, 0.5) is 5.69 Å². The fourth-order valence-corrected chi connectivity index (χ4v) is 3.09. The average molecular weight is 310 g/mol. The second-order valence-corrected chi connectivity index (χ2v) is 6.26. The van der Waals surface area contributed by atoms with Crippen LogP contribution in [0, 0.1) is 0 Å². The molecule has 1 heterocycles. The van der Waals surface area contributed by atoms with Gasteiger partial charge in [-0.25, -0.2) is 0 Å². The van der Waals surface area contributed by atoms with Crippen LogP contribution in [0.2, 0.25) is 4.34 Å². The number of carboxylic acids is 1. The SMILES string of the molecule is O=C(O)CCCN(Cc1ccc(Cl)s1)c1ccccc1. The minimum absolute atomic E-state index is 0.189. The van der Waals surface area contributed by atoms with Crippen molar-refractivity contribution in [3.63, 3.8) is 0 Å². The summed E-state index contributed by atoms with van der Waals surface area (Å²) in [5.74, 6) is -0.753. The summed E-state index contributed by atoms with van der Waals surface area (Å²) in [5, 5.41) is 8.76. The number of halogens is 1. The fraction of sp³-hybridized carbons (Fsp3) is 0.267. The van der Waals surface area contributed by atoms with Crippen molar-refractivity contribution in [3.05, 3.63) is 51.7 Å². The number of nitrogens with zero attached hydrogens (tertiary/aromatic N) is 1. The van der Waals surface area contributed by atoms with Gasteiger partial charge in [-0.3, -0.25) is 4.79 Å². The highest BCUT2D eigenvalue weighted by atomic mass is 35.5. The first-order chi connectivity index (χ1) is 9.65. The molecule has 0 aliphatic rings. The van der Waals surface area contributed by atoms with Crippen molar-refractivity contribution >= 4 is 34.6 Å². The van der Waals surface area contributed by atoms with E-state index in [2.05, 4.69) is 4.90 Å². The Kier molecular flexibility index (Phi) is 5.44. The number of anilines is 1. The van der Waals surface area contributed by atoms with Crippen LogP contribution < -0.4 is 4.90 Å². The average Bonchev–Trinajstić information content (AvgIpc) is 2.84. The minimum Gasteiger partial charge on any atom is -0.481 e. The molecule has 0 unspecified atom stereocenters. The molecule has 2 aromatic rings. The minimum atomic E-state index is -0.753. The van der Waals surface area contributed by atoms with Gasteiger partial charge in [0.1, 0.15) is 0 Å². The molecule has 5 heteroatoms. The van der Waals surface area contributed by atoms with E-state index in [9.17, 15) is 4.79 Å². The molecule has 1 aromatic heterocycles. The van der Waals surface area contributed by atoms with Crippen molar-refractivity contribution in [3.8, 4) is 0 Å². The maximum Gasteiger partial charge on any atom is 0.303 e. The van der Waals surface area contributed by atoms with Crippen LogP contribution in [0.5, 0.6) is 0 Å². The third-order valence-electron chi connectivity index (χ3n) is 2.92. The molecule has 106 valence electrons. The molecule has 0 radical (unpaired) electrons. The molecule has 20 heavy (non-hydrogen) atoms. The second kappa shape index (κ2) is 7.31. The Morgan fingerprint density at radius 3 is 2.55 bits per heavy atom. The molecule has 0 bridgehead atoms. The number of carbonyl (C=O) groups is 1. The van der Waals surface area contributed by atoms with E-state index in [-0.39, 0.29) is 6.42 Å². The van der Waals surface area contributed by atoms with Crippen molar-refractivity contribution in [1.82, 2.24) is 0 Å². The fourth-order valence-electron chi connectivity index (χ4n) is 1.98. The van der Waals surface area contributed by atoms with Crippen LogP contribution in [-0.2, 0) is 11.3 Å². The van der Waals surface area contributed by atoms with Crippen LogP contribution in [-0.4, -0.2) is 17.6 Å². The van der Waals surface area contributed by atoms with E-state index in [1.165, 1.54) is 4.88 Å². The molecule has 0 fully saturated rings. The van der Waals surface area contributed by atoms with Gasteiger partial charge in [-0.05, 0) is 30.7 Å².